The van der Waals surface area contributed by atoms with Gasteiger partial charge in [0.1, 0.15) is 24.4 Å². The van der Waals surface area contributed by atoms with Crippen molar-refractivity contribution in [3.8, 4) is 0 Å². The fourth-order valence-electron chi connectivity index (χ4n) is 1.65. The Labute approximate surface area is 104 Å². The summed E-state index contributed by atoms with van der Waals surface area (Å²) in [5.41, 5.74) is 0. The molecule has 0 aromatic carbocycles. The van der Waals surface area contributed by atoms with E-state index in [1.165, 1.54) is 0 Å². The van der Waals surface area contributed by atoms with E-state index in [0.29, 0.717) is 0 Å². The van der Waals surface area contributed by atoms with Crippen LogP contribution in [0.15, 0.2) is 0 Å². The van der Waals surface area contributed by atoms with Crippen molar-refractivity contribution in [3.05, 3.63) is 0 Å². The van der Waals surface area contributed by atoms with Crippen molar-refractivity contribution in [2.24, 2.45) is 0 Å². The summed E-state index contributed by atoms with van der Waals surface area (Å²) >= 11 is 7.84. The zero-order valence-corrected chi connectivity index (χ0v) is 10.1. The van der Waals surface area contributed by atoms with Crippen molar-refractivity contribution in [2.45, 2.75) is 41.2 Å². The Morgan fingerprint density at radius 3 is 2.19 bits per heavy atom. The van der Waals surface area contributed by atoms with Gasteiger partial charge >= 0.3 is 0 Å². The van der Waals surface area contributed by atoms with Crippen molar-refractivity contribution in [1.82, 2.24) is 0 Å². The van der Waals surface area contributed by atoms with E-state index in [9.17, 15) is 20.4 Å². The average Bonchev–Trinajstić information content (AvgIpc) is 2.20. The minimum Gasteiger partial charge on any atom is -0.394 e. The van der Waals surface area contributed by atoms with E-state index in [1.807, 2.05) is 0 Å². The molecule has 1 aliphatic rings. The molecule has 16 heavy (non-hydrogen) atoms. The number of hydrogen-bond acceptors (Lipinski definition) is 8. The Morgan fingerprint density at radius 2 is 1.75 bits per heavy atom. The lowest BCUT2D eigenvalue weighted by Gasteiger charge is -2.45. The first-order chi connectivity index (χ1) is 7.31. The summed E-state index contributed by atoms with van der Waals surface area (Å²) in [7, 11) is 0. The van der Waals surface area contributed by atoms with E-state index in [2.05, 4.69) is 25.3 Å². The normalized spacial score (nSPS) is 45.0. The van der Waals surface area contributed by atoms with E-state index in [-0.39, 0.29) is 6.42 Å². The summed E-state index contributed by atoms with van der Waals surface area (Å²) in [5.74, 6) is -2.08. The molecule has 1 rings (SSSR count). The number of hydrogen-bond donors (Lipinski definition) is 7. The molecule has 5 N–H and O–H groups in total. The second kappa shape index (κ2) is 5.40. The monoisotopic (exact) mass is 272 g/mol. The molecule has 0 aromatic heterocycles. The second-order valence-electron chi connectivity index (χ2n) is 3.79. The third-order valence-electron chi connectivity index (χ3n) is 2.53. The summed E-state index contributed by atoms with van der Waals surface area (Å²) in [6.07, 6.45) is -6.08. The van der Waals surface area contributed by atoms with Crippen LogP contribution in [-0.2, 0) is 4.74 Å². The van der Waals surface area contributed by atoms with E-state index in [4.69, 9.17) is 9.84 Å². The van der Waals surface area contributed by atoms with Crippen molar-refractivity contribution in [1.29, 1.82) is 0 Å². The molecule has 1 heterocycles. The first-order valence-corrected chi connectivity index (χ1v) is 5.76. The van der Waals surface area contributed by atoms with Crippen LogP contribution in [0.3, 0.4) is 0 Å². The lowest BCUT2D eigenvalue weighted by molar-refractivity contribution is -0.349. The minimum absolute atomic E-state index is 0.166. The first kappa shape index (κ1) is 14.5. The molecule has 0 bridgehead atoms. The molecular weight excluding hydrogens is 256 g/mol. The Balaban J connectivity index is 2.85. The van der Waals surface area contributed by atoms with Crippen LogP contribution in [0, 0.1) is 0 Å². The predicted octanol–water partition coefficient (Wildman–Crippen LogP) is -2.28. The van der Waals surface area contributed by atoms with Crippen molar-refractivity contribution in [3.63, 3.8) is 0 Å². The van der Waals surface area contributed by atoms with E-state index in [1.54, 1.807) is 0 Å². The Hall–Kier alpha value is 0.460. The molecule has 0 spiro atoms. The van der Waals surface area contributed by atoms with Crippen LogP contribution in [0.4, 0.5) is 0 Å². The van der Waals surface area contributed by atoms with Gasteiger partial charge in [0.2, 0.25) is 0 Å². The molecule has 96 valence electrons. The molecular formula is C8H16O6S2. The third kappa shape index (κ3) is 2.82. The van der Waals surface area contributed by atoms with Crippen LogP contribution in [-0.4, -0.2) is 66.9 Å². The quantitative estimate of drug-likeness (QED) is 0.230. The minimum atomic E-state index is -2.08. The number of thiol groups is 2. The van der Waals surface area contributed by atoms with Gasteiger partial charge in [-0.15, -0.1) is 0 Å². The highest BCUT2D eigenvalue weighted by molar-refractivity contribution is 7.99. The van der Waals surface area contributed by atoms with Crippen LogP contribution in [0.25, 0.3) is 0 Å². The fraction of sp³-hybridized carbons (Fsp3) is 1.00. The van der Waals surface area contributed by atoms with Gasteiger partial charge in [0.25, 0.3) is 0 Å². The van der Waals surface area contributed by atoms with Crippen LogP contribution in [0.5, 0.6) is 0 Å². The highest BCUT2D eigenvalue weighted by Gasteiger charge is 2.52. The first-order valence-electron chi connectivity index (χ1n) is 4.73. The molecule has 0 aliphatic carbocycles. The van der Waals surface area contributed by atoms with Gasteiger partial charge in [-0.3, -0.25) is 0 Å². The SMILES string of the molecule is OC[C@H]1O[C@@](O)(CC(S)S)[C@H](O)[C@H](O)[C@@H]1O. The van der Waals surface area contributed by atoms with Crippen LogP contribution in [0.1, 0.15) is 6.42 Å². The van der Waals surface area contributed by atoms with Crippen molar-refractivity contribution >= 4 is 25.3 Å². The zero-order valence-electron chi connectivity index (χ0n) is 8.34. The molecule has 1 fully saturated rings. The van der Waals surface area contributed by atoms with Gasteiger partial charge in [-0.1, -0.05) is 0 Å². The van der Waals surface area contributed by atoms with Crippen LogP contribution < -0.4 is 0 Å². The largest absolute Gasteiger partial charge is 0.394 e. The topological polar surface area (TPSA) is 110 Å². The van der Waals surface area contributed by atoms with Crippen LogP contribution >= 0.6 is 25.3 Å². The number of rotatable bonds is 3. The molecule has 1 aliphatic heterocycles. The average molecular weight is 272 g/mol. The van der Waals surface area contributed by atoms with Gasteiger partial charge in [0, 0.05) is 11.0 Å². The smallest absolute Gasteiger partial charge is 0.197 e. The molecule has 0 aromatic rings. The van der Waals surface area contributed by atoms with E-state index < -0.39 is 41.4 Å². The lowest BCUT2D eigenvalue weighted by atomic mass is 9.91. The van der Waals surface area contributed by atoms with Gasteiger partial charge in [-0.05, 0) is 0 Å². The molecule has 0 saturated carbocycles. The second-order valence-corrected chi connectivity index (χ2v) is 5.45. The number of ether oxygens (including phenoxy) is 1. The Morgan fingerprint density at radius 1 is 1.19 bits per heavy atom. The summed E-state index contributed by atoms with van der Waals surface area (Å²) in [5, 5.41) is 47.4. The van der Waals surface area contributed by atoms with Gasteiger partial charge < -0.3 is 30.3 Å². The third-order valence-corrected chi connectivity index (χ3v) is 2.89. The molecule has 8 heteroatoms. The standard InChI is InChI=1S/C8H16O6S2/c9-2-3-5(10)6(11)7(12)8(13,14-3)1-4(15)16/h3-7,9-13,15-16H,1-2H2/t3-,5-,6-,7-,8+/m1/s1. The Bertz CT molecular complexity index is 239. The molecule has 6 nitrogen and oxygen atoms in total. The molecule has 0 amide bonds. The van der Waals surface area contributed by atoms with Gasteiger partial charge in [0.15, 0.2) is 5.79 Å². The number of aliphatic hydroxyl groups excluding tert-OH is 4. The summed E-state index contributed by atoms with van der Waals surface area (Å²) < 4.78 is 4.39. The van der Waals surface area contributed by atoms with Gasteiger partial charge in [-0.25, -0.2) is 0 Å². The molecule has 1 saturated heterocycles. The maximum Gasteiger partial charge on any atom is 0.197 e. The van der Waals surface area contributed by atoms with E-state index in [0.717, 1.165) is 0 Å². The van der Waals surface area contributed by atoms with Crippen LogP contribution in [0.2, 0.25) is 0 Å². The fourth-order valence-corrected chi connectivity index (χ4v) is 2.17. The lowest BCUT2D eigenvalue weighted by Crippen LogP contribution is -2.65. The molecule has 5 atom stereocenters. The predicted molar refractivity (Wildman–Crippen MR) is 61.3 cm³/mol. The van der Waals surface area contributed by atoms with Crippen molar-refractivity contribution in [2.75, 3.05) is 6.61 Å². The summed E-state index contributed by atoms with van der Waals surface area (Å²) in [6, 6.07) is 0. The number of aliphatic hydroxyl groups is 5. The highest BCUT2D eigenvalue weighted by atomic mass is 32.2. The van der Waals surface area contributed by atoms with Gasteiger partial charge in [-0.2, -0.15) is 25.3 Å². The summed E-state index contributed by atoms with van der Waals surface area (Å²) in [6.45, 7) is -0.586. The van der Waals surface area contributed by atoms with Gasteiger partial charge in [0.05, 0.1) is 6.61 Å². The Kier molecular flexibility index (Phi) is 4.90. The highest BCUT2D eigenvalue weighted by Crippen LogP contribution is 2.33. The van der Waals surface area contributed by atoms with E-state index >= 15 is 0 Å². The summed E-state index contributed by atoms with van der Waals surface area (Å²) in [4.78, 5) is 0. The molecule has 0 unspecified atom stereocenters. The zero-order chi connectivity index (χ0) is 12.5. The maximum atomic E-state index is 9.95. The van der Waals surface area contributed by atoms with Crippen molar-refractivity contribution < 1.29 is 30.3 Å². The molecule has 0 radical (unpaired) electrons. The maximum absolute atomic E-state index is 9.95.